The highest BCUT2D eigenvalue weighted by Gasteiger charge is 2.23. The molecule has 5 heteroatoms. The summed E-state index contributed by atoms with van der Waals surface area (Å²) in [6.45, 7) is 1.33. The Bertz CT molecular complexity index is 461. The number of carbonyl (C=O) groups is 1. The Labute approximate surface area is 108 Å². The minimum Gasteiger partial charge on any atom is -0.339 e. The molecule has 0 bridgehead atoms. The lowest BCUT2D eigenvalue weighted by Crippen LogP contribution is -2.38. The van der Waals surface area contributed by atoms with Crippen molar-refractivity contribution in [1.29, 1.82) is 5.26 Å². The molecule has 0 saturated carbocycles. The molecule has 0 N–H and O–H groups in total. The molecule has 0 aromatic carbocycles. The first-order chi connectivity index (χ1) is 8.20. The summed E-state index contributed by atoms with van der Waals surface area (Å²) in [4.78, 5) is 17.9. The lowest BCUT2D eigenvalue weighted by molar-refractivity contribution is 0.0707. The van der Waals surface area contributed by atoms with Crippen molar-refractivity contribution in [2.75, 3.05) is 13.1 Å². The quantitative estimate of drug-likeness (QED) is 0.746. The second kappa shape index (κ2) is 5.28. The third-order valence-electron chi connectivity index (χ3n) is 2.94. The third kappa shape index (κ3) is 2.83. The summed E-state index contributed by atoms with van der Waals surface area (Å²) < 4.78 is 0.662. The van der Waals surface area contributed by atoms with E-state index in [0.717, 1.165) is 12.8 Å². The first-order valence-electron chi connectivity index (χ1n) is 5.51. The fraction of sp³-hybridized carbons (Fsp3) is 0.417. The Morgan fingerprint density at radius 2 is 2.24 bits per heavy atom. The van der Waals surface area contributed by atoms with Crippen molar-refractivity contribution in [3.05, 3.63) is 28.5 Å². The molecule has 0 unspecified atom stereocenters. The van der Waals surface area contributed by atoms with Gasteiger partial charge in [0.15, 0.2) is 0 Å². The van der Waals surface area contributed by atoms with Gasteiger partial charge < -0.3 is 4.90 Å². The SMILES string of the molecule is N#CC1CCN(C(=O)c2ccnc(Br)c2)CC1. The highest BCUT2D eigenvalue weighted by Crippen LogP contribution is 2.18. The molecule has 1 aromatic rings. The number of rotatable bonds is 1. The fourth-order valence-electron chi connectivity index (χ4n) is 1.93. The molecule has 88 valence electrons. The largest absolute Gasteiger partial charge is 0.339 e. The maximum absolute atomic E-state index is 12.1. The molecule has 1 aliphatic heterocycles. The number of hydrogen-bond donors (Lipinski definition) is 0. The van der Waals surface area contributed by atoms with E-state index in [1.165, 1.54) is 0 Å². The smallest absolute Gasteiger partial charge is 0.254 e. The average Bonchev–Trinajstić information content (AvgIpc) is 2.38. The number of aromatic nitrogens is 1. The standard InChI is InChI=1S/C12H12BrN3O/c13-11-7-10(1-4-15-11)12(17)16-5-2-9(8-14)3-6-16/h1,4,7,9H,2-3,5-6H2. The van der Waals surface area contributed by atoms with Crippen LogP contribution < -0.4 is 0 Å². The van der Waals surface area contributed by atoms with E-state index in [9.17, 15) is 4.79 Å². The van der Waals surface area contributed by atoms with Gasteiger partial charge in [0.25, 0.3) is 5.91 Å². The third-order valence-corrected chi connectivity index (χ3v) is 3.37. The van der Waals surface area contributed by atoms with Crippen LogP contribution in [-0.4, -0.2) is 28.9 Å². The summed E-state index contributed by atoms with van der Waals surface area (Å²) in [6, 6.07) is 5.69. The molecule has 1 aliphatic rings. The van der Waals surface area contributed by atoms with Crippen LogP contribution in [0.15, 0.2) is 22.9 Å². The van der Waals surface area contributed by atoms with Crippen LogP contribution in [0, 0.1) is 17.2 Å². The minimum atomic E-state index is 0.0180. The van der Waals surface area contributed by atoms with Crippen molar-refractivity contribution >= 4 is 21.8 Å². The second-order valence-electron chi connectivity index (χ2n) is 4.06. The van der Waals surface area contributed by atoms with Gasteiger partial charge in [-0.2, -0.15) is 5.26 Å². The fourth-order valence-corrected chi connectivity index (χ4v) is 2.29. The summed E-state index contributed by atoms with van der Waals surface area (Å²) in [5.74, 6) is 0.118. The van der Waals surface area contributed by atoms with Crippen LogP contribution in [0.1, 0.15) is 23.2 Å². The predicted molar refractivity (Wildman–Crippen MR) is 66.2 cm³/mol. The number of nitriles is 1. The molecular weight excluding hydrogens is 282 g/mol. The molecule has 2 rings (SSSR count). The average molecular weight is 294 g/mol. The van der Waals surface area contributed by atoms with Crippen molar-refractivity contribution in [2.24, 2.45) is 5.92 Å². The maximum atomic E-state index is 12.1. The van der Waals surface area contributed by atoms with Gasteiger partial charge in [0.2, 0.25) is 0 Å². The molecule has 0 radical (unpaired) electrons. The molecule has 4 nitrogen and oxygen atoms in total. The number of likely N-dealkylation sites (tertiary alicyclic amines) is 1. The van der Waals surface area contributed by atoms with Gasteiger partial charge in [0.05, 0.1) is 6.07 Å². The van der Waals surface area contributed by atoms with Gasteiger partial charge >= 0.3 is 0 Å². The number of carbonyl (C=O) groups excluding carboxylic acids is 1. The molecule has 1 amide bonds. The van der Waals surface area contributed by atoms with E-state index in [1.807, 2.05) is 0 Å². The van der Waals surface area contributed by atoms with E-state index in [4.69, 9.17) is 5.26 Å². The Hall–Kier alpha value is -1.41. The molecule has 1 aromatic heterocycles. The van der Waals surface area contributed by atoms with E-state index in [-0.39, 0.29) is 11.8 Å². The molecule has 1 saturated heterocycles. The Balaban J connectivity index is 2.05. The number of amides is 1. The van der Waals surface area contributed by atoms with Crippen molar-refractivity contribution in [2.45, 2.75) is 12.8 Å². The van der Waals surface area contributed by atoms with E-state index >= 15 is 0 Å². The van der Waals surface area contributed by atoms with Crippen LogP contribution in [0.3, 0.4) is 0 Å². The Kier molecular flexibility index (Phi) is 3.75. The van der Waals surface area contributed by atoms with Crippen molar-refractivity contribution < 1.29 is 4.79 Å². The first-order valence-corrected chi connectivity index (χ1v) is 6.30. The van der Waals surface area contributed by atoms with Gasteiger partial charge in [-0.3, -0.25) is 4.79 Å². The van der Waals surface area contributed by atoms with E-state index in [0.29, 0.717) is 23.3 Å². The summed E-state index contributed by atoms with van der Waals surface area (Å²) in [5, 5.41) is 8.80. The highest BCUT2D eigenvalue weighted by atomic mass is 79.9. The van der Waals surface area contributed by atoms with Crippen LogP contribution in [-0.2, 0) is 0 Å². The molecule has 17 heavy (non-hydrogen) atoms. The molecule has 1 fully saturated rings. The molecule has 0 aliphatic carbocycles. The van der Waals surface area contributed by atoms with Crippen LogP contribution in [0.5, 0.6) is 0 Å². The molecule has 0 spiro atoms. The predicted octanol–water partition coefficient (Wildman–Crippen LogP) is 2.22. The number of pyridine rings is 1. The minimum absolute atomic E-state index is 0.0180. The monoisotopic (exact) mass is 293 g/mol. The van der Waals surface area contributed by atoms with Crippen molar-refractivity contribution in [3.63, 3.8) is 0 Å². The Morgan fingerprint density at radius 3 is 2.82 bits per heavy atom. The maximum Gasteiger partial charge on any atom is 0.254 e. The van der Waals surface area contributed by atoms with Crippen LogP contribution in [0.2, 0.25) is 0 Å². The van der Waals surface area contributed by atoms with Gasteiger partial charge in [-0.15, -0.1) is 0 Å². The topological polar surface area (TPSA) is 57.0 Å². The van der Waals surface area contributed by atoms with Crippen molar-refractivity contribution in [1.82, 2.24) is 9.88 Å². The summed E-state index contributed by atoms with van der Waals surface area (Å²) >= 11 is 3.25. The van der Waals surface area contributed by atoms with Crippen LogP contribution in [0.4, 0.5) is 0 Å². The molecular formula is C12H12BrN3O. The number of hydrogen-bond acceptors (Lipinski definition) is 3. The lowest BCUT2D eigenvalue weighted by atomic mass is 9.98. The van der Waals surface area contributed by atoms with Gasteiger partial charge in [-0.05, 0) is 40.9 Å². The van der Waals surface area contributed by atoms with Crippen LogP contribution >= 0.6 is 15.9 Å². The number of nitrogens with zero attached hydrogens (tertiary/aromatic N) is 3. The summed E-state index contributed by atoms with van der Waals surface area (Å²) in [7, 11) is 0. The van der Waals surface area contributed by atoms with E-state index in [1.54, 1.807) is 23.2 Å². The van der Waals surface area contributed by atoms with Gasteiger partial charge in [-0.1, -0.05) is 0 Å². The zero-order valence-electron chi connectivity index (χ0n) is 9.27. The first kappa shape index (κ1) is 12.1. The zero-order chi connectivity index (χ0) is 12.3. The van der Waals surface area contributed by atoms with E-state index in [2.05, 4.69) is 27.0 Å². The van der Waals surface area contributed by atoms with Gasteiger partial charge in [0, 0.05) is 30.8 Å². The number of halogens is 1. The normalized spacial score (nSPS) is 16.6. The molecule has 2 heterocycles. The van der Waals surface area contributed by atoms with Gasteiger partial charge in [-0.25, -0.2) is 4.98 Å². The van der Waals surface area contributed by atoms with Crippen molar-refractivity contribution in [3.8, 4) is 6.07 Å². The van der Waals surface area contributed by atoms with Crippen LogP contribution in [0.25, 0.3) is 0 Å². The summed E-state index contributed by atoms with van der Waals surface area (Å²) in [5.41, 5.74) is 0.641. The van der Waals surface area contributed by atoms with Gasteiger partial charge in [0.1, 0.15) is 4.60 Å². The summed E-state index contributed by atoms with van der Waals surface area (Å²) in [6.07, 6.45) is 3.16. The molecule has 0 atom stereocenters. The highest BCUT2D eigenvalue weighted by molar-refractivity contribution is 9.10. The lowest BCUT2D eigenvalue weighted by Gasteiger charge is -2.29. The number of piperidine rings is 1. The van der Waals surface area contributed by atoms with E-state index < -0.39 is 0 Å². The Morgan fingerprint density at radius 1 is 1.53 bits per heavy atom. The zero-order valence-corrected chi connectivity index (χ0v) is 10.9. The second-order valence-corrected chi connectivity index (χ2v) is 4.88.